The molecule has 1 heterocycles. The van der Waals surface area contributed by atoms with Crippen molar-refractivity contribution in [1.82, 2.24) is 0 Å². The third kappa shape index (κ3) is 2.74. The summed E-state index contributed by atoms with van der Waals surface area (Å²) in [4.78, 5) is 0. The molecule has 0 fully saturated rings. The van der Waals surface area contributed by atoms with Crippen molar-refractivity contribution in [1.29, 1.82) is 0 Å². The van der Waals surface area contributed by atoms with Crippen molar-refractivity contribution in [3.05, 3.63) is 35.2 Å². The molecule has 0 spiro atoms. The molecule has 0 amide bonds. The second-order valence-electron chi connectivity index (χ2n) is 3.72. The van der Waals surface area contributed by atoms with Gasteiger partial charge in [-0.15, -0.1) is 23.7 Å². The van der Waals surface area contributed by atoms with Gasteiger partial charge in [-0.25, -0.2) is 0 Å². The summed E-state index contributed by atoms with van der Waals surface area (Å²) < 4.78 is 1.32. The number of benzene rings is 1. The highest BCUT2D eigenvalue weighted by atomic mass is 35.5. The molecule has 0 aliphatic carbocycles. The first kappa shape index (κ1) is 13.5. The highest BCUT2D eigenvalue weighted by Gasteiger charge is 2.10. The Balaban J connectivity index is 0.00000128. The average Bonchev–Trinajstić information content (AvgIpc) is 2.69. The monoisotopic (exact) mass is 256 g/mol. The van der Waals surface area contributed by atoms with E-state index in [2.05, 4.69) is 29.6 Å². The number of hydrogen-bond donors (Lipinski definition) is 2. The molecule has 0 aliphatic rings. The molecule has 16 heavy (non-hydrogen) atoms. The third-order valence-corrected chi connectivity index (χ3v) is 3.61. The summed E-state index contributed by atoms with van der Waals surface area (Å²) in [6.07, 6.45) is 1.96. The molecule has 1 aromatic carbocycles. The zero-order valence-electron chi connectivity index (χ0n) is 9.06. The fourth-order valence-electron chi connectivity index (χ4n) is 1.78. The average molecular weight is 257 g/mol. The number of hydrogen-bond acceptors (Lipinski definition) is 3. The number of thiophene rings is 1. The van der Waals surface area contributed by atoms with Gasteiger partial charge in [0.1, 0.15) is 0 Å². The zero-order valence-corrected chi connectivity index (χ0v) is 10.7. The summed E-state index contributed by atoms with van der Waals surface area (Å²) in [7, 11) is 0. The second-order valence-corrected chi connectivity index (χ2v) is 4.64. The first-order valence-corrected chi connectivity index (χ1v) is 6.12. The molecule has 88 valence electrons. The first-order chi connectivity index (χ1) is 7.33. The Morgan fingerprint density at radius 2 is 2.00 bits per heavy atom. The molecule has 0 saturated carbocycles. The molecule has 1 aromatic heterocycles. The minimum absolute atomic E-state index is 0. The van der Waals surface area contributed by atoms with Crippen molar-refractivity contribution in [3.63, 3.8) is 0 Å². The van der Waals surface area contributed by atoms with Crippen LogP contribution in [-0.2, 0) is 0 Å². The van der Waals surface area contributed by atoms with Crippen molar-refractivity contribution in [2.45, 2.75) is 18.9 Å². The third-order valence-electron chi connectivity index (χ3n) is 2.63. The van der Waals surface area contributed by atoms with Crippen molar-refractivity contribution in [3.8, 4) is 0 Å². The number of fused-ring (bicyclic) bond motifs is 1. The van der Waals surface area contributed by atoms with Gasteiger partial charge in [-0.1, -0.05) is 18.2 Å². The van der Waals surface area contributed by atoms with Crippen LogP contribution in [0.25, 0.3) is 10.1 Å². The van der Waals surface area contributed by atoms with Crippen molar-refractivity contribution in [2.24, 2.45) is 11.5 Å². The molecule has 4 heteroatoms. The summed E-state index contributed by atoms with van der Waals surface area (Å²) in [6, 6.07) is 8.54. The molecule has 0 bridgehead atoms. The Kier molecular flexibility index (Phi) is 5.22. The lowest BCUT2D eigenvalue weighted by Gasteiger charge is -2.09. The maximum atomic E-state index is 6.14. The SMILES string of the molecule is Cl.NCCC[C@@H](N)c1csc2ccccc12. The van der Waals surface area contributed by atoms with Gasteiger partial charge in [0.05, 0.1) is 0 Å². The van der Waals surface area contributed by atoms with Crippen LogP contribution < -0.4 is 11.5 Å². The van der Waals surface area contributed by atoms with Crippen LogP contribution in [0.4, 0.5) is 0 Å². The minimum atomic E-state index is 0. The molecule has 2 nitrogen and oxygen atoms in total. The highest BCUT2D eigenvalue weighted by molar-refractivity contribution is 7.17. The van der Waals surface area contributed by atoms with Crippen LogP contribution in [-0.4, -0.2) is 6.54 Å². The van der Waals surface area contributed by atoms with Gasteiger partial charge >= 0.3 is 0 Å². The molecular weight excluding hydrogens is 240 g/mol. The molecule has 2 aromatic rings. The van der Waals surface area contributed by atoms with Crippen molar-refractivity contribution < 1.29 is 0 Å². The van der Waals surface area contributed by atoms with E-state index in [9.17, 15) is 0 Å². The number of nitrogens with two attached hydrogens (primary N) is 2. The first-order valence-electron chi connectivity index (χ1n) is 5.24. The lowest BCUT2D eigenvalue weighted by atomic mass is 10.0. The van der Waals surface area contributed by atoms with E-state index in [4.69, 9.17) is 11.5 Å². The molecule has 0 aliphatic heterocycles. The summed E-state index contributed by atoms with van der Waals surface area (Å²) >= 11 is 1.76. The molecule has 4 N–H and O–H groups in total. The maximum absolute atomic E-state index is 6.14. The Morgan fingerprint density at radius 3 is 2.75 bits per heavy atom. The number of rotatable bonds is 4. The van der Waals surface area contributed by atoms with Crippen LogP contribution in [0.3, 0.4) is 0 Å². The summed E-state index contributed by atoms with van der Waals surface area (Å²) in [5, 5.41) is 3.47. The Bertz CT molecular complexity index is 441. The van der Waals surface area contributed by atoms with Crippen LogP contribution in [0.15, 0.2) is 29.6 Å². The van der Waals surface area contributed by atoms with Gasteiger partial charge in [0.2, 0.25) is 0 Å². The van der Waals surface area contributed by atoms with Crippen LogP contribution in [0.2, 0.25) is 0 Å². The van der Waals surface area contributed by atoms with E-state index in [1.807, 2.05) is 0 Å². The smallest absolute Gasteiger partial charge is 0.0346 e. The normalized spacial score (nSPS) is 12.4. The summed E-state index contributed by atoms with van der Waals surface area (Å²) in [6.45, 7) is 0.718. The predicted molar refractivity (Wildman–Crippen MR) is 74.3 cm³/mol. The minimum Gasteiger partial charge on any atom is -0.330 e. The van der Waals surface area contributed by atoms with E-state index in [1.54, 1.807) is 11.3 Å². The molecule has 1 atom stereocenters. The molecular formula is C12H17ClN2S. The Morgan fingerprint density at radius 1 is 1.25 bits per heavy atom. The molecule has 0 saturated heterocycles. The van der Waals surface area contributed by atoms with Crippen molar-refractivity contribution in [2.75, 3.05) is 6.54 Å². The topological polar surface area (TPSA) is 52.0 Å². The van der Waals surface area contributed by atoms with Gasteiger partial charge in [-0.2, -0.15) is 0 Å². The van der Waals surface area contributed by atoms with Crippen LogP contribution >= 0.6 is 23.7 Å². The lowest BCUT2D eigenvalue weighted by Crippen LogP contribution is -2.11. The quantitative estimate of drug-likeness (QED) is 0.883. The standard InChI is InChI=1S/C12H16N2S.ClH/c13-7-3-5-11(14)10-8-15-12-6-2-1-4-9(10)12;/h1-2,4,6,8,11H,3,5,7,13-14H2;1H/t11-;/m1./s1. The van der Waals surface area contributed by atoms with Gasteiger partial charge in [0, 0.05) is 10.7 Å². The van der Waals surface area contributed by atoms with Crippen LogP contribution in [0.5, 0.6) is 0 Å². The lowest BCUT2D eigenvalue weighted by molar-refractivity contribution is 0.623. The predicted octanol–water partition coefficient (Wildman–Crippen LogP) is 3.06. The Hall–Kier alpha value is -0.610. The van der Waals surface area contributed by atoms with Crippen LogP contribution in [0.1, 0.15) is 24.4 Å². The molecule has 0 unspecified atom stereocenters. The summed E-state index contributed by atoms with van der Waals surface area (Å²) in [5.74, 6) is 0. The maximum Gasteiger partial charge on any atom is 0.0346 e. The highest BCUT2D eigenvalue weighted by Crippen LogP contribution is 2.30. The second kappa shape index (κ2) is 6.21. The molecule has 2 rings (SSSR count). The van der Waals surface area contributed by atoms with Gasteiger partial charge in [0.15, 0.2) is 0 Å². The Labute approximate surface area is 106 Å². The largest absolute Gasteiger partial charge is 0.330 e. The van der Waals surface area contributed by atoms with E-state index in [0.29, 0.717) is 0 Å². The van der Waals surface area contributed by atoms with Gasteiger partial charge in [-0.3, -0.25) is 0 Å². The van der Waals surface area contributed by atoms with Crippen LogP contribution in [0, 0.1) is 0 Å². The van der Waals surface area contributed by atoms with Gasteiger partial charge < -0.3 is 11.5 Å². The zero-order chi connectivity index (χ0) is 10.7. The van der Waals surface area contributed by atoms with Gasteiger partial charge in [-0.05, 0) is 41.8 Å². The van der Waals surface area contributed by atoms with E-state index in [1.165, 1.54) is 15.6 Å². The van der Waals surface area contributed by atoms with E-state index >= 15 is 0 Å². The fraction of sp³-hybridized carbons (Fsp3) is 0.333. The van der Waals surface area contributed by atoms with Crippen molar-refractivity contribution >= 4 is 33.8 Å². The van der Waals surface area contributed by atoms with E-state index in [-0.39, 0.29) is 18.4 Å². The van der Waals surface area contributed by atoms with E-state index < -0.39 is 0 Å². The van der Waals surface area contributed by atoms with Gasteiger partial charge in [0.25, 0.3) is 0 Å². The summed E-state index contributed by atoms with van der Waals surface area (Å²) in [5.41, 5.74) is 12.9. The number of halogens is 1. The molecule has 0 radical (unpaired) electrons. The van der Waals surface area contributed by atoms with E-state index in [0.717, 1.165) is 19.4 Å². The fourth-order valence-corrected chi connectivity index (χ4v) is 2.80.